The highest BCUT2D eigenvalue weighted by molar-refractivity contribution is 7.84. The molecule has 3 nitrogen and oxygen atoms in total. The van der Waals surface area contributed by atoms with Crippen molar-refractivity contribution in [2.45, 2.75) is 51.3 Å². The van der Waals surface area contributed by atoms with Crippen LogP contribution in [0.15, 0.2) is 35.0 Å². The average molecular weight is 269 g/mol. The zero-order valence-corrected chi connectivity index (χ0v) is 12.4. The minimum Gasteiger partial charge on any atom is -0.467 e. The maximum absolute atomic E-state index is 12.1. The SMILES string of the molecule is CCC/C=C/[C@@H](N[S@](=O)C(C)(C)C)c1ccco1. The zero-order chi connectivity index (χ0) is 13.6. The van der Waals surface area contributed by atoms with Gasteiger partial charge in [-0.3, -0.25) is 0 Å². The number of unbranched alkanes of at least 4 members (excludes halogenated alkanes) is 1. The first kappa shape index (κ1) is 15.2. The highest BCUT2D eigenvalue weighted by Crippen LogP contribution is 2.19. The summed E-state index contributed by atoms with van der Waals surface area (Å²) < 4.78 is 20.3. The fraction of sp³-hybridized carbons (Fsp3) is 0.571. The van der Waals surface area contributed by atoms with Gasteiger partial charge in [0.15, 0.2) is 0 Å². The first-order valence-corrected chi connectivity index (χ1v) is 7.48. The van der Waals surface area contributed by atoms with E-state index in [0.29, 0.717) is 0 Å². The van der Waals surface area contributed by atoms with Crippen LogP contribution in [0.3, 0.4) is 0 Å². The predicted molar refractivity (Wildman–Crippen MR) is 76.5 cm³/mol. The van der Waals surface area contributed by atoms with Gasteiger partial charge in [-0.15, -0.1) is 0 Å². The van der Waals surface area contributed by atoms with Gasteiger partial charge in [0.2, 0.25) is 0 Å². The molecule has 0 aliphatic carbocycles. The van der Waals surface area contributed by atoms with Crippen LogP contribution in [0, 0.1) is 0 Å². The van der Waals surface area contributed by atoms with Crippen LogP contribution in [-0.2, 0) is 11.0 Å². The minimum absolute atomic E-state index is 0.133. The summed E-state index contributed by atoms with van der Waals surface area (Å²) in [5.74, 6) is 0.792. The van der Waals surface area contributed by atoms with Crippen LogP contribution in [0.2, 0.25) is 0 Å². The van der Waals surface area contributed by atoms with Crippen LogP contribution in [0.25, 0.3) is 0 Å². The topological polar surface area (TPSA) is 42.2 Å². The quantitative estimate of drug-likeness (QED) is 0.800. The molecule has 102 valence electrons. The maximum atomic E-state index is 12.1. The van der Waals surface area contributed by atoms with E-state index in [4.69, 9.17) is 4.42 Å². The molecule has 4 heteroatoms. The first-order valence-electron chi connectivity index (χ1n) is 6.33. The predicted octanol–water partition coefficient (Wildman–Crippen LogP) is 3.73. The molecular weight excluding hydrogens is 246 g/mol. The molecule has 0 amide bonds. The van der Waals surface area contributed by atoms with Crippen molar-refractivity contribution in [2.75, 3.05) is 0 Å². The molecule has 18 heavy (non-hydrogen) atoms. The summed E-state index contributed by atoms with van der Waals surface area (Å²) in [5.41, 5.74) is 0. The van der Waals surface area contributed by atoms with E-state index in [1.54, 1.807) is 6.26 Å². The number of allylic oxidation sites excluding steroid dienone is 1. The molecule has 0 unspecified atom stereocenters. The highest BCUT2D eigenvalue weighted by atomic mass is 32.2. The van der Waals surface area contributed by atoms with Crippen molar-refractivity contribution in [3.8, 4) is 0 Å². The van der Waals surface area contributed by atoms with Gasteiger partial charge in [0.25, 0.3) is 0 Å². The van der Waals surface area contributed by atoms with E-state index in [2.05, 4.69) is 17.7 Å². The van der Waals surface area contributed by atoms with Crippen LogP contribution < -0.4 is 4.72 Å². The lowest BCUT2D eigenvalue weighted by molar-refractivity contribution is 0.480. The summed E-state index contributed by atoms with van der Waals surface area (Å²) in [5, 5.41) is 0. The van der Waals surface area contributed by atoms with E-state index in [0.717, 1.165) is 18.6 Å². The standard InChI is InChI=1S/C14H23NO2S/c1-5-6-7-9-12(13-10-8-11-17-13)15-18(16)14(2,3)4/h7-12,15H,5-6H2,1-4H3/b9-7+/t12-,18-/m1/s1. The zero-order valence-electron chi connectivity index (χ0n) is 11.6. The molecule has 0 aliphatic rings. The lowest BCUT2D eigenvalue weighted by atomic mass is 10.2. The molecule has 1 aromatic heterocycles. The molecule has 0 spiro atoms. The minimum atomic E-state index is -1.12. The maximum Gasteiger partial charge on any atom is 0.125 e. The third-order valence-electron chi connectivity index (χ3n) is 2.42. The summed E-state index contributed by atoms with van der Waals surface area (Å²) in [7, 11) is -1.12. The normalized spacial score (nSPS) is 16.0. The van der Waals surface area contributed by atoms with Gasteiger partial charge >= 0.3 is 0 Å². The Labute approximate surface area is 112 Å². The van der Waals surface area contributed by atoms with Crippen LogP contribution >= 0.6 is 0 Å². The summed E-state index contributed by atoms with van der Waals surface area (Å²) in [4.78, 5) is 0. The fourth-order valence-corrected chi connectivity index (χ4v) is 2.13. The van der Waals surface area contributed by atoms with Crippen molar-refractivity contribution in [3.05, 3.63) is 36.3 Å². The van der Waals surface area contributed by atoms with Gasteiger partial charge in [0, 0.05) is 0 Å². The monoisotopic (exact) mass is 269 g/mol. The van der Waals surface area contributed by atoms with E-state index in [1.165, 1.54) is 0 Å². The van der Waals surface area contributed by atoms with Gasteiger partial charge in [-0.1, -0.05) is 25.5 Å². The Morgan fingerprint density at radius 2 is 2.22 bits per heavy atom. The smallest absolute Gasteiger partial charge is 0.125 e. The molecule has 0 saturated carbocycles. The Bertz CT molecular complexity index is 390. The molecule has 1 N–H and O–H groups in total. The lowest BCUT2D eigenvalue weighted by Crippen LogP contribution is -2.35. The molecule has 0 fully saturated rings. The number of hydrogen-bond acceptors (Lipinski definition) is 2. The van der Waals surface area contributed by atoms with Crippen molar-refractivity contribution in [1.29, 1.82) is 0 Å². The Balaban J connectivity index is 2.76. The van der Waals surface area contributed by atoms with Crippen LogP contribution in [0.4, 0.5) is 0 Å². The molecule has 0 saturated heterocycles. The Hall–Kier alpha value is -0.870. The van der Waals surface area contributed by atoms with E-state index in [9.17, 15) is 4.21 Å². The number of furan rings is 1. The third-order valence-corrected chi connectivity index (χ3v) is 4.00. The molecule has 1 aromatic rings. The number of rotatable bonds is 6. The summed E-state index contributed by atoms with van der Waals surface area (Å²) in [6.07, 6.45) is 7.87. The third kappa shape index (κ3) is 4.78. The molecule has 2 atom stereocenters. The Kier molecular flexibility index (Phi) is 5.82. The van der Waals surface area contributed by atoms with Gasteiger partial charge in [-0.2, -0.15) is 0 Å². The Morgan fingerprint density at radius 1 is 1.50 bits per heavy atom. The summed E-state index contributed by atoms with van der Waals surface area (Å²) in [6, 6.07) is 3.61. The van der Waals surface area contributed by atoms with E-state index in [-0.39, 0.29) is 10.8 Å². The van der Waals surface area contributed by atoms with E-state index >= 15 is 0 Å². The van der Waals surface area contributed by atoms with Gasteiger partial charge in [0.05, 0.1) is 28.0 Å². The summed E-state index contributed by atoms with van der Waals surface area (Å²) in [6.45, 7) is 7.98. The molecule has 1 rings (SSSR count). The fourth-order valence-electron chi connectivity index (χ4n) is 1.35. The van der Waals surface area contributed by atoms with Gasteiger partial charge in [-0.25, -0.2) is 8.93 Å². The molecule has 0 aromatic carbocycles. The van der Waals surface area contributed by atoms with Crippen LogP contribution in [0.1, 0.15) is 52.3 Å². The highest BCUT2D eigenvalue weighted by Gasteiger charge is 2.23. The van der Waals surface area contributed by atoms with Crippen LogP contribution in [-0.4, -0.2) is 8.96 Å². The van der Waals surface area contributed by atoms with E-state index in [1.807, 2.05) is 39.0 Å². The largest absolute Gasteiger partial charge is 0.467 e. The molecular formula is C14H23NO2S. The van der Waals surface area contributed by atoms with Gasteiger partial charge in [-0.05, 0) is 39.3 Å². The molecule has 0 bridgehead atoms. The Morgan fingerprint density at radius 3 is 2.72 bits per heavy atom. The van der Waals surface area contributed by atoms with Gasteiger partial charge in [0.1, 0.15) is 5.76 Å². The number of hydrogen-bond donors (Lipinski definition) is 1. The van der Waals surface area contributed by atoms with E-state index < -0.39 is 11.0 Å². The second-order valence-corrected chi connectivity index (χ2v) is 7.21. The van der Waals surface area contributed by atoms with Crippen molar-refractivity contribution >= 4 is 11.0 Å². The second kappa shape index (κ2) is 6.90. The summed E-state index contributed by atoms with van der Waals surface area (Å²) >= 11 is 0. The van der Waals surface area contributed by atoms with Crippen molar-refractivity contribution in [1.82, 2.24) is 4.72 Å². The van der Waals surface area contributed by atoms with Crippen molar-refractivity contribution in [2.24, 2.45) is 0 Å². The lowest BCUT2D eigenvalue weighted by Gasteiger charge is -2.21. The van der Waals surface area contributed by atoms with Crippen molar-refractivity contribution in [3.63, 3.8) is 0 Å². The van der Waals surface area contributed by atoms with Crippen LogP contribution in [0.5, 0.6) is 0 Å². The molecule has 0 aliphatic heterocycles. The molecule has 0 radical (unpaired) electrons. The second-order valence-electron chi connectivity index (χ2n) is 5.21. The van der Waals surface area contributed by atoms with Crippen molar-refractivity contribution < 1.29 is 8.63 Å². The number of nitrogens with one attached hydrogen (secondary N) is 1. The molecule has 1 heterocycles. The first-order chi connectivity index (χ1) is 8.45. The van der Waals surface area contributed by atoms with Gasteiger partial charge < -0.3 is 4.42 Å². The average Bonchev–Trinajstić information content (AvgIpc) is 2.79.